The summed E-state index contributed by atoms with van der Waals surface area (Å²) >= 11 is 2.11. The van der Waals surface area contributed by atoms with Crippen molar-refractivity contribution in [1.82, 2.24) is 0 Å². The third-order valence-electron chi connectivity index (χ3n) is 1.27. The van der Waals surface area contributed by atoms with Crippen LogP contribution >= 0.6 is 22.6 Å². The largest absolute Gasteiger partial charge is 0.397 e. The number of nitrogen functional groups attached to an aromatic ring is 3. The summed E-state index contributed by atoms with van der Waals surface area (Å²) in [5, 5.41) is 0. The average molecular weight is 249 g/mol. The summed E-state index contributed by atoms with van der Waals surface area (Å²) in [5.41, 5.74) is 18.2. The normalized spacial score (nSPS) is 9.70. The molecule has 0 radical (unpaired) electrons. The monoisotopic (exact) mass is 249 g/mol. The zero-order valence-electron chi connectivity index (χ0n) is 5.26. The number of rotatable bonds is 0. The first-order valence-corrected chi connectivity index (χ1v) is 3.79. The highest BCUT2D eigenvalue weighted by Gasteiger charge is 2.01. The molecule has 0 unspecified atom stereocenters. The Morgan fingerprint density at radius 3 is 2.10 bits per heavy atom. The van der Waals surface area contributed by atoms with Crippen molar-refractivity contribution in [2.75, 3.05) is 17.2 Å². The Morgan fingerprint density at radius 1 is 1.00 bits per heavy atom. The van der Waals surface area contributed by atoms with Crippen molar-refractivity contribution in [3.63, 3.8) is 0 Å². The van der Waals surface area contributed by atoms with Crippen LogP contribution in [0.5, 0.6) is 0 Å². The van der Waals surface area contributed by atoms with Gasteiger partial charge in [-0.2, -0.15) is 0 Å². The lowest BCUT2D eigenvalue weighted by Crippen LogP contribution is -2.01. The summed E-state index contributed by atoms with van der Waals surface area (Å²) in [6.45, 7) is 0. The van der Waals surface area contributed by atoms with Gasteiger partial charge in [-0.15, -0.1) is 0 Å². The van der Waals surface area contributed by atoms with E-state index in [9.17, 15) is 0 Å². The molecule has 10 heavy (non-hydrogen) atoms. The molecule has 0 aliphatic rings. The van der Waals surface area contributed by atoms with Crippen molar-refractivity contribution in [1.29, 1.82) is 0 Å². The molecule has 54 valence electrons. The van der Waals surface area contributed by atoms with Crippen molar-refractivity contribution in [3.05, 3.63) is 15.7 Å². The first-order chi connectivity index (χ1) is 4.63. The highest BCUT2D eigenvalue weighted by Crippen LogP contribution is 2.26. The van der Waals surface area contributed by atoms with Gasteiger partial charge in [-0.1, -0.05) is 0 Å². The van der Waals surface area contributed by atoms with E-state index in [-0.39, 0.29) is 0 Å². The lowest BCUT2D eigenvalue weighted by molar-refractivity contribution is 1.60. The zero-order valence-corrected chi connectivity index (χ0v) is 7.42. The first kappa shape index (κ1) is 7.46. The standard InChI is InChI=1S/C6H8IN3/c7-3-1-2-4(8)6(10)5(3)9/h1-2H,8-10H2. The van der Waals surface area contributed by atoms with Crippen molar-refractivity contribution in [3.8, 4) is 0 Å². The summed E-state index contributed by atoms with van der Waals surface area (Å²) < 4.78 is 0.935. The quantitative estimate of drug-likeness (QED) is 0.474. The fourth-order valence-electron chi connectivity index (χ4n) is 0.627. The Kier molecular flexibility index (Phi) is 1.89. The van der Waals surface area contributed by atoms with Crippen LogP contribution in [0.25, 0.3) is 0 Å². The molecular formula is C6H8IN3. The minimum Gasteiger partial charge on any atom is -0.397 e. The van der Waals surface area contributed by atoms with Crippen LogP contribution in [-0.4, -0.2) is 0 Å². The molecule has 4 heteroatoms. The minimum absolute atomic E-state index is 0.479. The van der Waals surface area contributed by atoms with Gasteiger partial charge in [0.1, 0.15) is 0 Å². The zero-order chi connectivity index (χ0) is 7.72. The van der Waals surface area contributed by atoms with Crippen LogP contribution in [0.2, 0.25) is 0 Å². The second-order valence-electron chi connectivity index (χ2n) is 1.96. The molecule has 3 nitrogen and oxygen atoms in total. The van der Waals surface area contributed by atoms with Crippen LogP contribution < -0.4 is 17.2 Å². The summed E-state index contributed by atoms with van der Waals surface area (Å²) in [4.78, 5) is 0. The van der Waals surface area contributed by atoms with Crippen LogP contribution in [-0.2, 0) is 0 Å². The Balaban J connectivity index is 3.34. The molecule has 1 rings (SSSR count). The van der Waals surface area contributed by atoms with E-state index < -0.39 is 0 Å². The molecule has 0 atom stereocenters. The highest BCUT2D eigenvalue weighted by atomic mass is 127. The van der Waals surface area contributed by atoms with E-state index in [1.54, 1.807) is 6.07 Å². The molecule has 6 N–H and O–H groups in total. The van der Waals surface area contributed by atoms with E-state index >= 15 is 0 Å². The molecule has 0 bridgehead atoms. The summed E-state index contributed by atoms with van der Waals surface area (Å²) in [6.07, 6.45) is 0. The van der Waals surface area contributed by atoms with Gasteiger partial charge in [0.2, 0.25) is 0 Å². The molecule has 0 aromatic heterocycles. The van der Waals surface area contributed by atoms with Gasteiger partial charge in [-0.3, -0.25) is 0 Å². The molecule has 0 aliphatic heterocycles. The number of anilines is 3. The SMILES string of the molecule is Nc1ccc(I)c(N)c1N. The summed E-state index contributed by atoms with van der Waals surface area (Å²) in [5.74, 6) is 0. The van der Waals surface area contributed by atoms with Crippen molar-refractivity contribution < 1.29 is 0 Å². The number of benzene rings is 1. The van der Waals surface area contributed by atoms with Crippen molar-refractivity contribution in [2.45, 2.75) is 0 Å². The van der Waals surface area contributed by atoms with Gasteiger partial charge >= 0.3 is 0 Å². The molecule has 0 amide bonds. The molecule has 0 spiro atoms. The van der Waals surface area contributed by atoms with Crippen LogP contribution in [0.15, 0.2) is 12.1 Å². The molecule has 0 saturated carbocycles. The third-order valence-corrected chi connectivity index (χ3v) is 2.21. The number of hydrogen-bond acceptors (Lipinski definition) is 3. The maximum absolute atomic E-state index is 5.57. The minimum atomic E-state index is 0.479. The third kappa shape index (κ3) is 1.11. The second-order valence-corrected chi connectivity index (χ2v) is 3.13. The van der Waals surface area contributed by atoms with E-state index in [1.165, 1.54) is 0 Å². The van der Waals surface area contributed by atoms with Gasteiger partial charge < -0.3 is 17.2 Å². The van der Waals surface area contributed by atoms with Crippen LogP contribution in [0.3, 0.4) is 0 Å². The Bertz CT molecular complexity index is 232. The molecule has 0 heterocycles. The molecule has 1 aromatic carbocycles. The smallest absolute Gasteiger partial charge is 0.0792 e. The molecule has 0 aliphatic carbocycles. The van der Waals surface area contributed by atoms with Crippen LogP contribution in [0.1, 0.15) is 0 Å². The Hall–Kier alpha value is -0.650. The Labute approximate surface area is 72.7 Å². The topological polar surface area (TPSA) is 78.1 Å². The van der Waals surface area contributed by atoms with Gasteiger partial charge in [-0.05, 0) is 34.7 Å². The predicted molar refractivity (Wildman–Crippen MR) is 52.4 cm³/mol. The van der Waals surface area contributed by atoms with Crippen LogP contribution in [0, 0.1) is 3.57 Å². The van der Waals surface area contributed by atoms with Crippen molar-refractivity contribution >= 4 is 39.7 Å². The molecule has 0 saturated heterocycles. The van der Waals surface area contributed by atoms with Gasteiger partial charge in [-0.25, -0.2) is 0 Å². The maximum Gasteiger partial charge on any atom is 0.0792 e. The van der Waals surface area contributed by atoms with Gasteiger partial charge in [0.15, 0.2) is 0 Å². The summed E-state index contributed by atoms with van der Waals surface area (Å²) in [6, 6.07) is 3.58. The second kappa shape index (κ2) is 2.53. The van der Waals surface area contributed by atoms with E-state index in [1.807, 2.05) is 6.07 Å². The van der Waals surface area contributed by atoms with Gasteiger partial charge in [0.05, 0.1) is 17.1 Å². The van der Waals surface area contributed by atoms with E-state index in [2.05, 4.69) is 22.6 Å². The van der Waals surface area contributed by atoms with E-state index in [0.717, 1.165) is 3.57 Å². The molecule has 0 fully saturated rings. The van der Waals surface area contributed by atoms with E-state index in [4.69, 9.17) is 17.2 Å². The van der Waals surface area contributed by atoms with Crippen molar-refractivity contribution in [2.24, 2.45) is 0 Å². The number of nitrogens with two attached hydrogens (primary N) is 3. The maximum atomic E-state index is 5.57. The first-order valence-electron chi connectivity index (χ1n) is 2.72. The van der Waals surface area contributed by atoms with E-state index in [0.29, 0.717) is 17.1 Å². The lowest BCUT2D eigenvalue weighted by Gasteiger charge is -2.04. The van der Waals surface area contributed by atoms with Crippen LogP contribution in [0.4, 0.5) is 17.1 Å². The molecular weight excluding hydrogens is 241 g/mol. The lowest BCUT2D eigenvalue weighted by atomic mass is 10.2. The van der Waals surface area contributed by atoms with Gasteiger partial charge in [0.25, 0.3) is 0 Å². The Morgan fingerprint density at radius 2 is 1.60 bits per heavy atom. The number of halogens is 1. The van der Waals surface area contributed by atoms with Gasteiger partial charge in [0, 0.05) is 3.57 Å². The predicted octanol–water partition coefficient (Wildman–Crippen LogP) is 1.04. The fourth-order valence-corrected chi connectivity index (χ4v) is 1.10. The fraction of sp³-hybridized carbons (Fsp3) is 0. The molecule has 1 aromatic rings. The summed E-state index contributed by atoms with van der Waals surface area (Å²) in [7, 11) is 0. The average Bonchev–Trinajstić information content (AvgIpc) is 1.93. The number of hydrogen-bond donors (Lipinski definition) is 3. The highest BCUT2D eigenvalue weighted by molar-refractivity contribution is 14.1.